The second kappa shape index (κ2) is 10.4. The molecule has 1 aromatic carbocycles. The Labute approximate surface area is 238 Å². The van der Waals surface area contributed by atoms with E-state index in [9.17, 15) is 31.2 Å². The number of esters is 2. The van der Waals surface area contributed by atoms with Gasteiger partial charge in [0.05, 0.1) is 16.5 Å². The molecule has 6 rings (SSSR count). The van der Waals surface area contributed by atoms with Gasteiger partial charge < -0.3 is 14.2 Å². The summed E-state index contributed by atoms with van der Waals surface area (Å²) in [6, 6.07) is 3.10. The Morgan fingerprint density at radius 3 is 2.27 bits per heavy atom. The molecular formula is C29H37F3O8S. The molecule has 41 heavy (non-hydrogen) atoms. The molecule has 5 aliphatic carbocycles. The Bertz CT molecular complexity index is 1290. The fourth-order valence-electron chi connectivity index (χ4n) is 8.14. The highest BCUT2D eigenvalue weighted by Crippen LogP contribution is 2.63. The van der Waals surface area contributed by atoms with E-state index in [0.717, 1.165) is 37.5 Å². The predicted molar refractivity (Wildman–Crippen MR) is 141 cm³/mol. The minimum Gasteiger partial charge on any atom is -0.486 e. The van der Waals surface area contributed by atoms with Crippen molar-refractivity contribution in [2.75, 3.05) is 12.4 Å². The van der Waals surface area contributed by atoms with E-state index in [0.29, 0.717) is 38.5 Å². The summed E-state index contributed by atoms with van der Waals surface area (Å²) in [5.41, 5.74) is -3.65. The first-order valence-corrected chi connectivity index (χ1v) is 15.9. The second-order valence-corrected chi connectivity index (χ2v) is 14.5. The molecule has 5 aliphatic rings. The first-order chi connectivity index (χ1) is 19.0. The normalized spacial score (nSPS) is 30.4. The number of carbonyl (C=O) groups excluding carboxylic acids is 2. The molecule has 2 atom stereocenters. The lowest BCUT2D eigenvalue weighted by atomic mass is 9.48. The van der Waals surface area contributed by atoms with E-state index in [2.05, 4.69) is 0 Å². The van der Waals surface area contributed by atoms with Gasteiger partial charge in [0.25, 0.3) is 10.1 Å². The molecule has 0 spiro atoms. The van der Waals surface area contributed by atoms with E-state index in [1.165, 1.54) is 0 Å². The second-order valence-electron chi connectivity index (χ2n) is 13.0. The molecule has 0 radical (unpaired) electrons. The molecule has 0 saturated heterocycles. The predicted octanol–water partition coefficient (Wildman–Crippen LogP) is 5.98. The number of benzene rings is 1. The first kappa shape index (κ1) is 30.1. The van der Waals surface area contributed by atoms with Gasteiger partial charge in [-0.05, 0) is 93.7 Å². The third-order valence-electron chi connectivity index (χ3n) is 9.66. The van der Waals surface area contributed by atoms with Gasteiger partial charge in [-0.1, -0.05) is 13.8 Å². The SMILES string of the molecule is CC(C)C1(Oc2cc(C(=O)OC34CC5CC(C3)CC(C(=O)OCCS(=O)(=O)O)(C5)C4)ccc2C(F)(F)F)CCCC1. The molecule has 1 N–H and O–H groups in total. The highest BCUT2D eigenvalue weighted by Gasteiger charge is 2.63. The average molecular weight is 603 g/mol. The van der Waals surface area contributed by atoms with Crippen LogP contribution in [0.3, 0.4) is 0 Å². The van der Waals surface area contributed by atoms with Gasteiger partial charge >= 0.3 is 18.1 Å². The minimum absolute atomic E-state index is 0.0258. The van der Waals surface area contributed by atoms with Crippen molar-refractivity contribution >= 4 is 22.1 Å². The van der Waals surface area contributed by atoms with Crippen molar-refractivity contribution < 1.29 is 49.9 Å². The molecule has 0 aliphatic heterocycles. The van der Waals surface area contributed by atoms with Crippen molar-refractivity contribution in [1.29, 1.82) is 0 Å². The summed E-state index contributed by atoms with van der Waals surface area (Å²) < 4.78 is 90.4. The van der Waals surface area contributed by atoms with E-state index in [-0.39, 0.29) is 35.5 Å². The molecule has 4 bridgehead atoms. The fourth-order valence-corrected chi connectivity index (χ4v) is 8.44. The number of rotatable bonds is 9. The van der Waals surface area contributed by atoms with Crippen molar-refractivity contribution in [1.82, 2.24) is 0 Å². The van der Waals surface area contributed by atoms with Crippen molar-refractivity contribution in [3.63, 3.8) is 0 Å². The van der Waals surface area contributed by atoms with E-state index >= 15 is 0 Å². The van der Waals surface area contributed by atoms with Gasteiger partial charge in [-0.25, -0.2) is 4.79 Å². The first-order valence-electron chi connectivity index (χ1n) is 14.3. The zero-order valence-corrected chi connectivity index (χ0v) is 24.1. The van der Waals surface area contributed by atoms with Crippen LogP contribution in [0.2, 0.25) is 0 Å². The standard InChI is InChI=1S/C29H37F3O8S/c1-18(2)28(7-3-4-8-28)39-23-12-21(5-6-22(23)29(30,31)32)24(33)40-27-15-19-11-20(16-27)14-26(13-19,17-27)25(34)38-9-10-41(35,36)37/h5-6,12,18-20H,3-4,7-11,13-17H2,1-2H3,(H,35,36,37). The van der Waals surface area contributed by atoms with Crippen LogP contribution in [0.25, 0.3) is 0 Å². The van der Waals surface area contributed by atoms with Gasteiger partial charge in [-0.3, -0.25) is 9.35 Å². The van der Waals surface area contributed by atoms with Crippen LogP contribution >= 0.6 is 0 Å². The van der Waals surface area contributed by atoms with Crippen LogP contribution < -0.4 is 4.74 Å². The largest absolute Gasteiger partial charge is 0.486 e. The summed E-state index contributed by atoms with van der Waals surface area (Å²) >= 11 is 0. The molecule has 0 aromatic heterocycles. The summed E-state index contributed by atoms with van der Waals surface area (Å²) in [5, 5.41) is 0. The van der Waals surface area contributed by atoms with Crippen LogP contribution in [0.1, 0.15) is 94.0 Å². The number of hydrogen-bond donors (Lipinski definition) is 1. The van der Waals surface area contributed by atoms with Gasteiger partial charge in [0.1, 0.15) is 29.3 Å². The molecule has 228 valence electrons. The van der Waals surface area contributed by atoms with Gasteiger partial charge in [0, 0.05) is 6.42 Å². The molecule has 5 fully saturated rings. The number of halogens is 3. The van der Waals surface area contributed by atoms with Gasteiger partial charge in [0.2, 0.25) is 0 Å². The van der Waals surface area contributed by atoms with Crippen LogP contribution in [0.5, 0.6) is 5.75 Å². The zero-order valence-electron chi connectivity index (χ0n) is 23.3. The summed E-state index contributed by atoms with van der Waals surface area (Å²) in [4.78, 5) is 26.6. The summed E-state index contributed by atoms with van der Waals surface area (Å²) in [7, 11) is -4.29. The molecule has 8 nitrogen and oxygen atoms in total. The lowest BCUT2D eigenvalue weighted by molar-refractivity contribution is -0.196. The highest BCUT2D eigenvalue weighted by atomic mass is 32.2. The van der Waals surface area contributed by atoms with Crippen LogP contribution in [-0.2, 0) is 30.6 Å². The van der Waals surface area contributed by atoms with E-state index in [1.54, 1.807) is 0 Å². The number of carbonyl (C=O) groups is 2. The van der Waals surface area contributed by atoms with Crippen LogP contribution in [-0.4, -0.2) is 48.5 Å². The third kappa shape index (κ3) is 6.09. The Balaban J connectivity index is 1.38. The lowest BCUT2D eigenvalue weighted by Gasteiger charge is -2.59. The van der Waals surface area contributed by atoms with Gasteiger partial charge in [-0.15, -0.1) is 0 Å². The molecule has 2 unspecified atom stereocenters. The van der Waals surface area contributed by atoms with E-state index < -0.39 is 62.8 Å². The van der Waals surface area contributed by atoms with Crippen molar-refractivity contribution in [3.05, 3.63) is 29.3 Å². The highest BCUT2D eigenvalue weighted by molar-refractivity contribution is 7.85. The van der Waals surface area contributed by atoms with Crippen LogP contribution in [0, 0.1) is 23.2 Å². The summed E-state index contributed by atoms with van der Waals surface area (Å²) in [5.74, 6) is -2.27. The number of alkyl halides is 3. The summed E-state index contributed by atoms with van der Waals surface area (Å²) in [6.45, 7) is 3.37. The van der Waals surface area contributed by atoms with E-state index in [1.807, 2.05) is 13.8 Å². The maximum Gasteiger partial charge on any atom is 0.419 e. The summed E-state index contributed by atoms with van der Waals surface area (Å²) in [6.07, 6.45) is 1.50. The van der Waals surface area contributed by atoms with Gasteiger partial charge in [0.15, 0.2) is 0 Å². The fraction of sp³-hybridized carbons (Fsp3) is 0.724. The lowest BCUT2D eigenvalue weighted by Crippen LogP contribution is -2.60. The minimum atomic E-state index is -4.67. The van der Waals surface area contributed by atoms with E-state index in [4.69, 9.17) is 18.8 Å². The maximum absolute atomic E-state index is 14.0. The Morgan fingerprint density at radius 2 is 1.71 bits per heavy atom. The smallest absolute Gasteiger partial charge is 0.419 e. The Hall–Kier alpha value is -2.34. The molecular weight excluding hydrogens is 565 g/mol. The molecule has 0 heterocycles. The van der Waals surface area contributed by atoms with Crippen molar-refractivity contribution in [2.24, 2.45) is 23.2 Å². The number of ether oxygens (including phenoxy) is 3. The van der Waals surface area contributed by atoms with Crippen LogP contribution in [0.4, 0.5) is 13.2 Å². The monoisotopic (exact) mass is 602 g/mol. The van der Waals surface area contributed by atoms with Crippen molar-refractivity contribution in [2.45, 2.75) is 95.4 Å². The van der Waals surface area contributed by atoms with Crippen LogP contribution in [0.15, 0.2) is 18.2 Å². The molecule has 5 saturated carbocycles. The topological polar surface area (TPSA) is 116 Å². The number of hydrogen-bond acceptors (Lipinski definition) is 7. The van der Waals surface area contributed by atoms with Crippen molar-refractivity contribution in [3.8, 4) is 5.75 Å². The zero-order chi connectivity index (χ0) is 29.8. The average Bonchev–Trinajstić information content (AvgIpc) is 3.31. The van der Waals surface area contributed by atoms with Gasteiger partial charge in [-0.2, -0.15) is 21.6 Å². The quantitative estimate of drug-likeness (QED) is 0.271. The third-order valence-corrected chi connectivity index (χ3v) is 10.3. The molecule has 0 amide bonds. The molecule has 1 aromatic rings. The Kier molecular flexibility index (Phi) is 7.66. The maximum atomic E-state index is 14.0. The molecule has 12 heteroatoms. The Morgan fingerprint density at radius 1 is 1.07 bits per heavy atom.